The number of aliphatic hydroxyl groups excluding tert-OH is 1. The number of halogens is 1. The zero-order valence-corrected chi connectivity index (χ0v) is 22.6. The lowest BCUT2D eigenvalue weighted by molar-refractivity contribution is -0.151. The van der Waals surface area contributed by atoms with Crippen LogP contribution in [-0.2, 0) is 25.8 Å². The number of amides is 2. The number of ether oxygens (including phenoxy) is 1. The van der Waals surface area contributed by atoms with Gasteiger partial charge in [-0.3, -0.25) is 14.4 Å². The molecular weight excluding hydrogens is 558 g/mol. The number of hydrogen-bond acceptors (Lipinski definition) is 7. The largest absolute Gasteiger partial charge is 0.481 e. The third kappa shape index (κ3) is 4.32. The number of unbranched alkanes of at least 4 members (excludes halogenated alkanes) is 3. The number of alkyl halides is 1. The average Bonchev–Trinajstić information content (AvgIpc) is 3.61. The highest BCUT2D eigenvalue weighted by atomic mass is 79.9. The highest BCUT2D eigenvalue weighted by molar-refractivity contribution is 9.09. The second-order valence-electron chi connectivity index (χ2n) is 10.2. The van der Waals surface area contributed by atoms with Crippen LogP contribution in [0.25, 0.3) is 11.0 Å². The van der Waals surface area contributed by atoms with E-state index >= 15 is 0 Å². The molecule has 1 spiro atoms. The number of hydrogen-bond donors (Lipinski definition) is 2. The van der Waals surface area contributed by atoms with E-state index in [9.17, 15) is 19.5 Å². The maximum Gasteiger partial charge on any atom is 0.310 e. The number of carboxylic acids is 1. The molecule has 4 heterocycles. The fourth-order valence-electron chi connectivity index (χ4n) is 6.41. The zero-order chi connectivity index (χ0) is 27.0. The van der Waals surface area contributed by atoms with E-state index in [0.717, 1.165) is 18.4 Å². The quantitative estimate of drug-likeness (QED) is 0.217. The molecule has 1 unspecified atom stereocenters. The zero-order valence-electron chi connectivity index (χ0n) is 21.0. The predicted molar refractivity (Wildman–Crippen MR) is 140 cm³/mol. The Morgan fingerprint density at radius 2 is 2.03 bits per heavy atom. The van der Waals surface area contributed by atoms with Crippen molar-refractivity contribution in [1.29, 1.82) is 0 Å². The summed E-state index contributed by atoms with van der Waals surface area (Å²) >= 11 is 3.57. The Hall–Kier alpha value is -2.83. The second-order valence-corrected chi connectivity index (χ2v) is 11.4. The lowest BCUT2D eigenvalue weighted by atomic mass is 9.70. The summed E-state index contributed by atoms with van der Waals surface area (Å²) < 4.78 is 7.98. The minimum absolute atomic E-state index is 0.0880. The van der Waals surface area contributed by atoms with Crippen molar-refractivity contribution in [3.8, 4) is 0 Å². The van der Waals surface area contributed by atoms with Crippen molar-refractivity contribution >= 4 is 44.7 Å². The molecule has 0 radical (unpaired) electrons. The van der Waals surface area contributed by atoms with Crippen molar-refractivity contribution in [2.75, 3.05) is 19.7 Å². The first-order chi connectivity index (χ1) is 18.3. The molecule has 3 fully saturated rings. The third-order valence-corrected chi connectivity index (χ3v) is 8.85. The summed E-state index contributed by atoms with van der Waals surface area (Å²) in [6.45, 7) is 4.51. The van der Waals surface area contributed by atoms with Gasteiger partial charge in [0.05, 0.1) is 23.5 Å². The van der Waals surface area contributed by atoms with Gasteiger partial charge >= 0.3 is 5.97 Å². The molecule has 2 amide bonds. The van der Waals surface area contributed by atoms with Crippen molar-refractivity contribution in [2.45, 2.75) is 61.3 Å². The van der Waals surface area contributed by atoms with Gasteiger partial charge in [0.2, 0.25) is 11.8 Å². The van der Waals surface area contributed by atoms with Gasteiger partial charge in [-0.1, -0.05) is 52.2 Å². The Morgan fingerprint density at radius 1 is 1.26 bits per heavy atom. The van der Waals surface area contributed by atoms with Crippen molar-refractivity contribution in [3.05, 3.63) is 36.9 Å². The first kappa shape index (κ1) is 26.8. The normalized spacial score (nSPS) is 29.7. The molecule has 2 N–H and O–H groups in total. The topological polar surface area (TPSA) is 138 Å². The Morgan fingerprint density at radius 3 is 2.76 bits per heavy atom. The highest BCUT2D eigenvalue weighted by Crippen LogP contribution is 2.60. The first-order valence-corrected chi connectivity index (χ1v) is 13.9. The SMILES string of the molecule is C=CCN(Cn1nnc2ccccc21)C(=O)[C@@H]1N(CCCCCCO)C(=O)[C@H]2[C@H](C(=O)O)[C@H]3O[C@@]12CC3Br. The Bertz CT molecular complexity index is 1240. The van der Waals surface area contributed by atoms with Crippen LogP contribution in [0.5, 0.6) is 0 Å². The lowest BCUT2D eigenvalue weighted by Gasteiger charge is -2.37. The molecule has 0 aliphatic carbocycles. The van der Waals surface area contributed by atoms with Crippen LogP contribution in [0.15, 0.2) is 36.9 Å². The molecular formula is C26H32BrN5O6. The molecule has 5 rings (SSSR count). The van der Waals surface area contributed by atoms with E-state index in [1.807, 2.05) is 24.3 Å². The average molecular weight is 590 g/mol. The second kappa shape index (κ2) is 10.7. The van der Waals surface area contributed by atoms with Gasteiger partial charge < -0.3 is 24.7 Å². The van der Waals surface area contributed by atoms with Gasteiger partial charge in [-0.25, -0.2) is 4.68 Å². The number of para-hydroxylation sites is 1. The number of benzene rings is 1. The van der Waals surface area contributed by atoms with E-state index in [4.69, 9.17) is 9.84 Å². The number of rotatable bonds is 12. The first-order valence-electron chi connectivity index (χ1n) is 13.0. The molecule has 6 atom stereocenters. The number of carbonyl (C=O) groups is 3. The van der Waals surface area contributed by atoms with Crippen LogP contribution in [0, 0.1) is 11.8 Å². The molecule has 1 aromatic carbocycles. The Labute approximate surface area is 228 Å². The van der Waals surface area contributed by atoms with E-state index < -0.39 is 35.6 Å². The number of carboxylic acid groups (broad SMARTS) is 1. The van der Waals surface area contributed by atoms with Crippen LogP contribution in [0.2, 0.25) is 0 Å². The van der Waals surface area contributed by atoms with E-state index in [0.29, 0.717) is 31.3 Å². The van der Waals surface area contributed by atoms with Crippen molar-refractivity contribution < 1.29 is 29.3 Å². The summed E-state index contributed by atoms with van der Waals surface area (Å²) in [5, 5.41) is 27.5. The molecule has 38 heavy (non-hydrogen) atoms. The van der Waals surface area contributed by atoms with Gasteiger partial charge in [0, 0.05) is 24.5 Å². The summed E-state index contributed by atoms with van der Waals surface area (Å²) in [5.41, 5.74) is 0.227. The molecule has 3 saturated heterocycles. The summed E-state index contributed by atoms with van der Waals surface area (Å²) in [7, 11) is 0. The molecule has 11 nitrogen and oxygen atoms in total. The number of nitrogens with zero attached hydrogens (tertiary/aromatic N) is 5. The van der Waals surface area contributed by atoms with E-state index in [-0.39, 0.29) is 36.5 Å². The smallest absolute Gasteiger partial charge is 0.310 e. The van der Waals surface area contributed by atoms with Crippen molar-refractivity contribution in [3.63, 3.8) is 0 Å². The maximum atomic E-state index is 14.3. The Balaban J connectivity index is 1.48. The van der Waals surface area contributed by atoms with Crippen LogP contribution in [0.4, 0.5) is 0 Å². The third-order valence-electron chi connectivity index (χ3n) is 8.00. The fourth-order valence-corrected chi connectivity index (χ4v) is 7.35. The predicted octanol–water partition coefficient (Wildman–Crippen LogP) is 1.79. The van der Waals surface area contributed by atoms with Gasteiger partial charge in [0.25, 0.3) is 0 Å². The number of fused-ring (bicyclic) bond motifs is 2. The van der Waals surface area contributed by atoms with Gasteiger partial charge in [-0.2, -0.15) is 0 Å². The number of carbonyl (C=O) groups excluding carboxylic acids is 2. The van der Waals surface area contributed by atoms with Gasteiger partial charge in [0.1, 0.15) is 23.8 Å². The molecule has 2 bridgehead atoms. The molecule has 2 aromatic rings. The van der Waals surface area contributed by atoms with Crippen LogP contribution in [0.1, 0.15) is 32.1 Å². The molecule has 3 aliphatic heterocycles. The standard InChI is InChI=1S/C26H32BrN5O6/c1-2-11-30(15-32-18-10-6-5-9-17(18)28-29-32)24(35)22-26-14-16(27)21(38-26)19(25(36)37)20(26)23(34)31(22)12-7-3-4-8-13-33/h2,5-6,9-10,16,19-22,33H,1,3-4,7-8,11-15H2,(H,36,37)/t16?,19-,20+,21-,22-,26+/m0/s1. The van der Waals surface area contributed by atoms with Crippen LogP contribution in [0.3, 0.4) is 0 Å². The van der Waals surface area contributed by atoms with Crippen molar-refractivity contribution in [2.24, 2.45) is 11.8 Å². The monoisotopic (exact) mass is 589 g/mol. The number of aliphatic hydroxyl groups is 1. The number of aliphatic carboxylic acids is 1. The lowest BCUT2D eigenvalue weighted by Crippen LogP contribution is -2.57. The van der Waals surface area contributed by atoms with Crippen LogP contribution >= 0.6 is 15.9 Å². The van der Waals surface area contributed by atoms with E-state index in [1.165, 1.54) is 0 Å². The minimum atomic E-state index is -1.23. The van der Waals surface area contributed by atoms with Gasteiger partial charge in [-0.05, 0) is 31.4 Å². The highest BCUT2D eigenvalue weighted by Gasteiger charge is 2.76. The van der Waals surface area contributed by atoms with Gasteiger partial charge in [-0.15, -0.1) is 11.7 Å². The Kier molecular flexibility index (Phi) is 7.56. The van der Waals surface area contributed by atoms with Crippen molar-refractivity contribution in [1.82, 2.24) is 24.8 Å². The maximum absolute atomic E-state index is 14.3. The number of likely N-dealkylation sites (tertiary alicyclic amines) is 1. The summed E-state index contributed by atoms with van der Waals surface area (Å²) in [6.07, 6.45) is 4.16. The van der Waals surface area contributed by atoms with Crippen LogP contribution in [-0.4, -0.2) is 95.1 Å². The van der Waals surface area contributed by atoms with Crippen LogP contribution < -0.4 is 0 Å². The van der Waals surface area contributed by atoms with Gasteiger partial charge in [0.15, 0.2) is 0 Å². The molecule has 1 aromatic heterocycles. The molecule has 3 aliphatic rings. The summed E-state index contributed by atoms with van der Waals surface area (Å²) in [6, 6.07) is 6.46. The number of aromatic nitrogens is 3. The fraction of sp³-hybridized carbons (Fsp3) is 0.577. The summed E-state index contributed by atoms with van der Waals surface area (Å²) in [4.78, 5) is 43.3. The molecule has 0 saturated carbocycles. The molecule has 204 valence electrons. The molecule has 12 heteroatoms. The van der Waals surface area contributed by atoms with E-state index in [1.54, 1.807) is 20.6 Å². The summed E-state index contributed by atoms with van der Waals surface area (Å²) in [5.74, 6) is -3.72. The minimum Gasteiger partial charge on any atom is -0.481 e. The van der Waals surface area contributed by atoms with E-state index in [2.05, 4.69) is 32.8 Å².